The Hall–Kier alpha value is -2.78. The fraction of sp³-hybridized carbons (Fsp3) is 0.318. The molecule has 0 saturated carbocycles. The second-order valence-corrected chi connectivity index (χ2v) is 8.34. The maximum atomic E-state index is 13.5. The van der Waals surface area contributed by atoms with Gasteiger partial charge in [0.25, 0.3) is 0 Å². The van der Waals surface area contributed by atoms with Crippen molar-refractivity contribution in [1.29, 1.82) is 0 Å². The molecule has 1 aliphatic heterocycles. The average Bonchev–Trinajstić information content (AvgIpc) is 3.16. The SMILES string of the molecule is O=C(CSc1nnc(CN2CCCCC2)n1-c1ccc(F)cc1)Nc1cccc(F)c1. The van der Waals surface area contributed by atoms with Gasteiger partial charge in [0, 0.05) is 11.4 Å². The van der Waals surface area contributed by atoms with Gasteiger partial charge >= 0.3 is 0 Å². The molecule has 162 valence electrons. The number of hydrogen-bond donors (Lipinski definition) is 1. The molecule has 1 aliphatic rings. The van der Waals surface area contributed by atoms with Crippen LogP contribution in [0.5, 0.6) is 0 Å². The number of piperidine rings is 1. The van der Waals surface area contributed by atoms with Crippen LogP contribution in [-0.4, -0.2) is 44.4 Å². The molecular formula is C22H23F2N5OS. The van der Waals surface area contributed by atoms with E-state index < -0.39 is 5.82 Å². The normalized spacial score (nSPS) is 14.5. The molecule has 0 spiro atoms. The number of aromatic nitrogens is 3. The lowest BCUT2D eigenvalue weighted by Crippen LogP contribution is -2.30. The molecular weight excluding hydrogens is 420 g/mol. The summed E-state index contributed by atoms with van der Waals surface area (Å²) in [4.78, 5) is 14.7. The lowest BCUT2D eigenvalue weighted by molar-refractivity contribution is -0.113. The maximum Gasteiger partial charge on any atom is 0.234 e. The van der Waals surface area contributed by atoms with Gasteiger partial charge in [0.1, 0.15) is 11.6 Å². The Labute approximate surface area is 183 Å². The number of benzene rings is 2. The summed E-state index contributed by atoms with van der Waals surface area (Å²) in [7, 11) is 0. The standard InChI is InChI=1S/C22H23F2N5OS/c23-16-7-9-19(10-8-16)29-20(14-28-11-2-1-3-12-28)26-27-22(29)31-15-21(30)25-18-6-4-5-17(24)13-18/h4-10,13H,1-3,11-12,14-15H2,(H,25,30). The van der Waals surface area contributed by atoms with Crippen molar-refractivity contribution in [2.75, 3.05) is 24.2 Å². The van der Waals surface area contributed by atoms with E-state index in [1.54, 1.807) is 18.2 Å². The van der Waals surface area contributed by atoms with Crippen LogP contribution in [-0.2, 0) is 11.3 Å². The van der Waals surface area contributed by atoms with Crippen molar-refractivity contribution in [1.82, 2.24) is 19.7 Å². The van der Waals surface area contributed by atoms with Crippen molar-refractivity contribution < 1.29 is 13.6 Å². The Morgan fingerprint density at radius 3 is 2.52 bits per heavy atom. The largest absolute Gasteiger partial charge is 0.325 e. The van der Waals surface area contributed by atoms with Crippen LogP contribution in [0.1, 0.15) is 25.1 Å². The lowest BCUT2D eigenvalue weighted by atomic mass is 10.1. The first-order chi connectivity index (χ1) is 15.1. The number of hydrogen-bond acceptors (Lipinski definition) is 5. The van der Waals surface area contributed by atoms with Crippen molar-refractivity contribution in [3.63, 3.8) is 0 Å². The van der Waals surface area contributed by atoms with Crippen LogP contribution in [0, 0.1) is 11.6 Å². The highest BCUT2D eigenvalue weighted by Crippen LogP contribution is 2.24. The number of nitrogens with one attached hydrogen (secondary N) is 1. The van der Waals surface area contributed by atoms with Gasteiger partial charge in [-0.1, -0.05) is 24.2 Å². The number of thioether (sulfide) groups is 1. The Morgan fingerprint density at radius 2 is 1.77 bits per heavy atom. The molecule has 3 aromatic rings. The second kappa shape index (κ2) is 10.0. The fourth-order valence-corrected chi connectivity index (χ4v) is 4.33. The van der Waals surface area contributed by atoms with Crippen molar-refractivity contribution in [3.05, 3.63) is 66.0 Å². The van der Waals surface area contributed by atoms with E-state index in [9.17, 15) is 13.6 Å². The van der Waals surface area contributed by atoms with Gasteiger partial charge in [0.2, 0.25) is 5.91 Å². The Kier molecular flexibility index (Phi) is 6.93. The van der Waals surface area contributed by atoms with Crippen LogP contribution in [0.15, 0.2) is 53.7 Å². The number of amides is 1. The van der Waals surface area contributed by atoms with E-state index >= 15 is 0 Å². The summed E-state index contributed by atoms with van der Waals surface area (Å²) in [6, 6.07) is 11.9. The van der Waals surface area contributed by atoms with Crippen LogP contribution in [0.2, 0.25) is 0 Å². The molecule has 2 aromatic carbocycles. The zero-order chi connectivity index (χ0) is 21.6. The zero-order valence-electron chi connectivity index (χ0n) is 16.9. The summed E-state index contributed by atoms with van der Waals surface area (Å²) in [6.45, 7) is 2.66. The molecule has 31 heavy (non-hydrogen) atoms. The molecule has 0 radical (unpaired) electrons. The van der Waals surface area contributed by atoms with Gasteiger partial charge in [0.05, 0.1) is 12.3 Å². The molecule has 0 bridgehead atoms. The highest BCUT2D eigenvalue weighted by molar-refractivity contribution is 7.99. The van der Waals surface area contributed by atoms with E-state index in [2.05, 4.69) is 20.4 Å². The lowest BCUT2D eigenvalue weighted by Gasteiger charge is -2.26. The van der Waals surface area contributed by atoms with E-state index in [4.69, 9.17) is 0 Å². The van der Waals surface area contributed by atoms with Gasteiger partial charge in [-0.2, -0.15) is 0 Å². The Balaban J connectivity index is 1.50. The predicted octanol–water partition coefficient (Wildman–Crippen LogP) is 4.26. The van der Waals surface area contributed by atoms with Crippen LogP contribution in [0.3, 0.4) is 0 Å². The number of rotatable bonds is 7. The first kappa shape index (κ1) is 21.5. The summed E-state index contributed by atoms with van der Waals surface area (Å²) in [5.74, 6) is -0.176. The molecule has 0 unspecified atom stereocenters. The summed E-state index contributed by atoms with van der Waals surface area (Å²) in [6.07, 6.45) is 3.56. The number of anilines is 1. The monoisotopic (exact) mass is 443 g/mol. The Morgan fingerprint density at radius 1 is 1.00 bits per heavy atom. The third kappa shape index (κ3) is 5.68. The van der Waals surface area contributed by atoms with E-state index in [1.165, 1.54) is 48.5 Å². The molecule has 0 atom stereocenters. The number of halogens is 2. The molecule has 4 rings (SSSR count). The van der Waals surface area contributed by atoms with E-state index in [0.29, 0.717) is 17.4 Å². The summed E-state index contributed by atoms with van der Waals surface area (Å²) in [5.41, 5.74) is 1.14. The van der Waals surface area contributed by atoms with Gasteiger partial charge in [-0.15, -0.1) is 10.2 Å². The summed E-state index contributed by atoms with van der Waals surface area (Å²) in [5, 5.41) is 11.9. The molecule has 1 aromatic heterocycles. The van der Waals surface area contributed by atoms with Gasteiger partial charge < -0.3 is 5.32 Å². The van der Waals surface area contributed by atoms with Gasteiger partial charge in [0.15, 0.2) is 11.0 Å². The average molecular weight is 444 g/mol. The van der Waals surface area contributed by atoms with Gasteiger partial charge in [-0.3, -0.25) is 14.3 Å². The number of likely N-dealkylation sites (tertiary alicyclic amines) is 1. The van der Waals surface area contributed by atoms with E-state index in [0.717, 1.165) is 37.4 Å². The minimum Gasteiger partial charge on any atom is -0.325 e. The topological polar surface area (TPSA) is 63.1 Å². The zero-order valence-corrected chi connectivity index (χ0v) is 17.7. The highest BCUT2D eigenvalue weighted by atomic mass is 32.2. The molecule has 1 saturated heterocycles. The van der Waals surface area contributed by atoms with Crippen LogP contribution >= 0.6 is 11.8 Å². The summed E-state index contributed by atoms with van der Waals surface area (Å²) < 4.78 is 28.7. The minimum absolute atomic E-state index is 0.0829. The third-order valence-corrected chi connectivity index (χ3v) is 5.97. The molecule has 6 nitrogen and oxygen atoms in total. The summed E-state index contributed by atoms with van der Waals surface area (Å²) >= 11 is 1.23. The number of nitrogens with zero attached hydrogens (tertiary/aromatic N) is 4. The van der Waals surface area contributed by atoms with Crippen LogP contribution in [0.25, 0.3) is 5.69 Å². The van der Waals surface area contributed by atoms with Crippen molar-refractivity contribution in [2.24, 2.45) is 0 Å². The van der Waals surface area contributed by atoms with Crippen LogP contribution in [0.4, 0.5) is 14.5 Å². The molecule has 9 heteroatoms. The molecule has 1 amide bonds. The molecule has 0 aliphatic carbocycles. The highest BCUT2D eigenvalue weighted by Gasteiger charge is 2.19. The third-order valence-electron chi connectivity index (χ3n) is 5.04. The number of carbonyl (C=O) groups is 1. The van der Waals surface area contributed by atoms with Crippen molar-refractivity contribution in [2.45, 2.75) is 31.0 Å². The van der Waals surface area contributed by atoms with Gasteiger partial charge in [-0.25, -0.2) is 8.78 Å². The maximum absolute atomic E-state index is 13.5. The Bertz CT molecular complexity index is 1030. The predicted molar refractivity (Wildman–Crippen MR) is 116 cm³/mol. The van der Waals surface area contributed by atoms with Crippen LogP contribution < -0.4 is 5.32 Å². The fourth-order valence-electron chi connectivity index (χ4n) is 3.56. The first-order valence-corrected chi connectivity index (χ1v) is 11.2. The molecule has 1 fully saturated rings. The first-order valence-electron chi connectivity index (χ1n) is 10.2. The van der Waals surface area contributed by atoms with Crippen molar-refractivity contribution in [3.8, 4) is 5.69 Å². The second-order valence-electron chi connectivity index (χ2n) is 7.39. The quantitative estimate of drug-likeness (QED) is 0.553. The molecule has 2 heterocycles. The van der Waals surface area contributed by atoms with Gasteiger partial charge in [-0.05, 0) is 68.4 Å². The van der Waals surface area contributed by atoms with E-state index in [-0.39, 0.29) is 17.5 Å². The minimum atomic E-state index is -0.413. The number of carbonyl (C=O) groups excluding carboxylic acids is 1. The molecule has 1 N–H and O–H groups in total. The smallest absolute Gasteiger partial charge is 0.234 e. The van der Waals surface area contributed by atoms with E-state index in [1.807, 2.05) is 4.57 Å². The van der Waals surface area contributed by atoms with Crippen molar-refractivity contribution >= 4 is 23.4 Å².